The number of likely N-dealkylation sites (N-methyl/N-ethyl adjacent to an activating group) is 1. The van der Waals surface area contributed by atoms with Gasteiger partial charge in [0.1, 0.15) is 0 Å². The van der Waals surface area contributed by atoms with Crippen LogP contribution in [0.2, 0.25) is 0 Å². The van der Waals surface area contributed by atoms with Gasteiger partial charge in [-0.05, 0) is 31.6 Å². The molecule has 2 nitrogen and oxygen atoms in total. The SMILES string of the molecule is CC(CN(C)C)c1ccccc1N. The van der Waals surface area contributed by atoms with Crippen molar-refractivity contribution in [2.24, 2.45) is 0 Å². The van der Waals surface area contributed by atoms with E-state index in [9.17, 15) is 0 Å². The highest BCUT2D eigenvalue weighted by atomic mass is 15.1. The quantitative estimate of drug-likeness (QED) is 0.717. The molecular weight excluding hydrogens is 160 g/mol. The highest BCUT2D eigenvalue weighted by Gasteiger charge is 2.08. The summed E-state index contributed by atoms with van der Waals surface area (Å²) >= 11 is 0. The topological polar surface area (TPSA) is 29.3 Å². The van der Waals surface area contributed by atoms with E-state index < -0.39 is 0 Å². The highest BCUT2D eigenvalue weighted by molar-refractivity contribution is 5.48. The predicted molar refractivity (Wildman–Crippen MR) is 57.8 cm³/mol. The Morgan fingerprint density at radius 2 is 1.92 bits per heavy atom. The van der Waals surface area contributed by atoms with Gasteiger partial charge in [0, 0.05) is 12.2 Å². The van der Waals surface area contributed by atoms with Crippen LogP contribution in [0, 0.1) is 0 Å². The number of nitrogens with two attached hydrogens (primary N) is 1. The molecule has 1 aromatic carbocycles. The van der Waals surface area contributed by atoms with Crippen molar-refractivity contribution < 1.29 is 0 Å². The van der Waals surface area contributed by atoms with Crippen LogP contribution in [0.1, 0.15) is 18.4 Å². The molecule has 0 aliphatic heterocycles. The number of anilines is 1. The molecule has 2 heteroatoms. The molecule has 0 fully saturated rings. The number of hydrogen-bond acceptors (Lipinski definition) is 2. The van der Waals surface area contributed by atoms with E-state index in [0.29, 0.717) is 5.92 Å². The summed E-state index contributed by atoms with van der Waals surface area (Å²) in [6.45, 7) is 3.24. The van der Waals surface area contributed by atoms with E-state index in [1.54, 1.807) is 0 Å². The molecule has 0 aliphatic rings. The first-order chi connectivity index (χ1) is 6.11. The van der Waals surface area contributed by atoms with Crippen molar-refractivity contribution in [3.63, 3.8) is 0 Å². The number of rotatable bonds is 3. The molecule has 0 saturated heterocycles. The van der Waals surface area contributed by atoms with E-state index in [4.69, 9.17) is 5.73 Å². The fourth-order valence-corrected chi connectivity index (χ4v) is 1.61. The standard InChI is InChI=1S/C11H18N2/c1-9(8-13(2)3)10-6-4-5-7-11(10)12/h4-7,9H,8,12H2,1-3H3. The minimum Gasteiger partial charge on any atom is -0.398 e. The van der Waals surface area contributed by atoms with Crippen LogP contribution in [-0.4, -0.2) is 25.5 Å². The van der Waals surface area contributed by atoms with Crippen molar-refractivity contribution in [3.8, 4) is 0 Å². The maximum absolute atomic E-state index is 5.88. The Bertz CT molecular complexity index is 269. The predicted octanol–water partition coefficient (Wildman–Crippen LogP) is 1.93. The minimum absolute atomic E-state index is 0.496. The fourth-order valence-electron chi connectivity index (χ4n) is 1.61. The Morgan fingerprint density at radius 1 is 1.31 bits per heavy atom. The number of hydrogen-bond donors (Lipinski definition) is 1. The van der Waals surface area contributed by atoms with Crippen LogP contribution in [0.3, 0.4) is 0 Å². The fraction of sp³-hybridized carbons (Fsp3) is 0.455. The van der Waals surface area contributed by atoms with Crippen LogP contribution < -0.4 is 5.73 Å². The number of benzene rings is 1. The molecule has 1 unspecified atom stereocenters. The second-order valence-electron chi connectivity index (χ2n) is 3.79. The first-order valence-corrected chi connectivity index (χ1v) is 4.60. The van der Waals surface area contributed by atoms with Crippen LogP contribution in [0.15, 0.2) is 24.3 Å². The molecular formula is C11H18N2. The lowest BCUT2D eigenvalue weighted by molar-refractivity contribution is 0.383. The third kappa shape index (κ3) is 2.74. The first-order valence-electron chi connectivity index (χ1n) is 4.60. The van der Waals surface area contributed by atoms with E-state index >= 15 is 0 Å². The molecule has 0 amide bonds. The van der Waals surface area contributed by atoms with Crippen molar-refractivity contribution in [2.75, 3.05) is 26.4 Å². The van der Waals surface area contributed by atoms with Crippen molar-refractivity contribution >= 4 is 5.69 Å². The Morgan fingerprint density at radius 3 is 2.46 bits per heavy atom. The van der Waals surface area contributed by atoms with Gasteiger partial charge in [0.2, 0.25) is 0 Å². The maximum atomic E-state index is 5.88. The van der Waals surface area contributed by atoms with Gasteiger partial charge < -0.3 is 10.6 Å². The van der Waals surface area contributed by atoms with Gasteiger partial charge >= 0.3 is 0 Å². The van der Waals surface area contributed by atoms with Gasteiger partial charge in [-0.3, -0.25) is 0 Å². The van der Waals surface area contributed by atoms with Gasteiger partial charge in [0.15, 0.2) is 0 Å². The van der Waals surface area contributed by atoms with Crippen LogP contribution >= 0.6 is 0 Å². The van der Waals surface area contributed by atoms with Crippen molar-refractivity contribution in [3.05, 3.63) is 29.8 Å². The number of nitrogen functional groups attached to an aromatic ring is 1. The molecule has 0 aromatic heterocycles. The van der Waals surface area contributed by atoms with Gasteiger partial charge in [0.05, 0.1) is 0 Å². The lowest BCUT2D eigenvalue weighted by atomic mass is 9.99. The third-order valence-electron chi connectivity index (χ3n) is 2.17. The minimum atomic E-state index is 0.496. The summed E-state index contributed by atoms with van der Waals surface area (Å²) in [5, 5.41) is 0. The van der Waals surface area contributed by atoms with Crippen LogP contribution in [-0.2, 0) is 0 Å². The molecule has 1 aromatic rings. The second kappa shape index (κ2) is 4.28. The van der Waals surface area contributed by atoms with Gasteiger partial charge in [0.25, 0.3) is 0 Å². The third-order valence-corrected chi connectivity index (χ3v) is 2.17. The van der Waals surface area contributed by atoms with Crippen molar-refractivity contribution in [2.45, 2.75) is 12.8 Å². The highest BCUT2D eigenvalue weighted by Crippen LogP contribution is 2.21. The zero-order valence-electron chi connectivity index (χ0n) is 8.62. The Kier molecular flexibility index (Phi) is 3.32. The average molecular weight is 178 g/mol. The van der Waals surface area contributed by atoms with Crippen molar-refractivity contribution in [1.29, 1.82) is 0 Å². The molecule has 2 N–H and O–H groups in total. The zero-order valence-corrected chi connectivity index (χ0v) is 8.62. The molecule has 0 radical (unpaired) electrons. The van der Waals surface area contributed by atoms with Gasteiger partial charge in [-0.2, -0.15) is 0 Å². The first kappa shape index (κ1) is 10.1. The summed E-state index contributed by atoms with van der Waals surface area (Å²) in [4.78, 5) is 2.18. The maximum Gasteiger partial charge on any atom is 0.0349 e. The van der Waals surface area contributed by atoms with Crippen LogP contribution in [0.5, 0.6) is 0 Å². The molecule has 13 heavy (non-hydrogen) atoms. The molecule has 0 spiro atoms. The normalized spacial score (nSPS) is 13.2. The van der Waals surface area contributed by atoms with E-state index in [-0.39, 0.29) is 0 Å². The Hall–Kier alpha value is -1.02. The molecule has 72 valence electrons. The van der Waals surface area contributed by atoms with E-state index in [2.05, 4.69) is 32.0 Å². The smallest absolute Gasteiger partial charge is 0.0349 e. The number of para-hydroxylation sites is 1. The molecule has 1 rings (SSSR count). The van der Waals surface area contributed by atoms with Gasteiger partial charge in [-0.15, -0.1) is 0 Å². The van der Waals surface area contributed by atoms with Crippen LogP contribution in [0.4, 0.5) is 5.69 Å². The second-order valence-corrected chi connectivity index (χ2v) is 3.79. The lowest BCUT2D eigenvalue weighted by Crippen LogP contribution is -2.19. The number of nitrogens with zero attached hydrogens (tertiary/aromatic N) is 1. The largest absolute Gasteiger partial charge is 0.398 e. The summed E-state index contributed by atoms with van der Waals surface area (Å²) in [5.74, 6) is 0.496. The average Bonchev–Trinajstić information content (AvgIpc) is 2.03. The van der Waals surface area contributed by atoms with Crippen molar-refractivity contribution in [1.82, 2.24) is 4.90 Å². The van der Waals surface area contributed by atoms with Crippen LogP contribution in [0.25, 0.3) is 0 Å². The van der Waals surface area contributed by atoms with Gasteiger partial charge in [-0.1, -0.05) is 25.1 Å². The molecule has 0 heterocycles. The Balaban J connectivity index is 2.76. The summed E-state index contributed by atoms with van der Waals surface area (Å²) in [6, 6.07) is 8.07. The zero-order chi connectivity index (χ0) is 9.84. The van der Waals surface area contributed by atoms with E-state index in [1.807, 2.05) is 18.2 Å². The Labute approximate surface area is 80.4 Å². The summed E-state index contributed by atoms with van der Waals surface area (Å²) in [5.41, 5.74) is 8.03. The summed E-state index contributed by atoms with van der Waals surface area (Å²) in [6.07, 6.45) is 0. The monoisotopic (exact) mass is 178 g/mol. The molecule has 0 aliphatic carbocycles. The van der Waals surface area contributed by atoms with E-state index in [1.165, 1.54) is 5.56 Å². The molecule has 0 bridgehead atoms. The summed E-state index contributed by atoms with van der Waals surface area (Å²) in [7, 11) is 4.16. The van der Waals surface area contributed by atoms with E-state index in [0.717, 1.165) is 12.2 Å². The van der Waals surface area contributed by atoms with Gasteiger partial charge in [-0.25, -0.2) is 0 Å². The molecule has 0 saturated carbocycles. The lowest BCUT2D eigenvalue weighted by Gasteiger charge is -2.18. The molecule has 1 atom stereocenters. The summed E-state index contributed by atoms with van der Waals surface area (Å²) < 4.78 is 0.